The van der Waals surface area contributed by atoms with E-state index in [-0.39, 0.29) is 61.2 Å². The molecule has 1 aromatic heterocycles. The number of hydrogen-bond acceptors (Lipinski definition) is 5. The molecule has 0 atom stereocenters. The molecular formula is C7H6KNO4S2. The molecule has 0 unspecified atom stereocenters. The second-order valence-corrected chi connectivity index (χ2v) is 4.99. The van der Waals surface area contributed by atoms with Crippen molar-refractivity contribution in [2.75, 3.05) is 0 Å². The van der Waals surface area contributed by atoms with Gasteiger partial charge in [-0.3, -0.25) is 0 Å². The zero-order valence-corrected chi connectivity index (χ0v) is 12.6. The van der Waals surface area contributed by atoms with E-state index in [1.165, 1.54) is 0 Å². The van der Waals surface area contributed by atoms with E-state index in [4.69, 9.17) is 0 Å². The van der Waals surface area contributed by atoms with Crippen LogP contribution >= 0.6 is 11.3 Å². The molecule has 1 heterocycles. The molecule has 0 radical (unpaired) electrons. The standard InChI is InChI=1S/C7H5NO3S2.K.H2O/c9-13(10,11)7-8-5-3-1-2-4-6(5)12-7;;/h1-4H,(H,9,10,11);;1H2/q;+1;/p-1. The Bertz CT molecular complexity index is 518. The van der Waals surface area contributed by atoms with Gasteiger partial charge in [-0.05, 0) is 12.1 Å². The summed E-state index contributed by atoms with van der Waals surface area (Å²) in [6.07, 6.45) is 0. The fourth-order valence-corrected chi connectivity index (χ4v) is 2.54. The number of thiazole rings is 1. The van der Waals surface area contributed by atoms with Gasteiger partial charge in [-0.1, -0.05) is 12.1 Å². The van der Waals surface area contributed by atoms with Gasteiger partial charge in [-0.25, -0.2) is 13.4 Å². The third kappa shape index (κ3) is 3.55. The number of rotatable bonds is 1. The average Bonchev–Trinajstić information content (AvgIpc) is 2.45. The van der Waals surface area contributed by atoms with Crippen LogP contribution in [0.15, 0.2) is 28.6 Å². The van der Waals surface area contributed by atoms with Crippen molar-refractivity contribution in [2.45, 2.75) is 4.34 Å². The summed E-state index contributed by atoms with van der Waals surface area (Å²) in [7, 11) is -4.41. The molecule has 0 bridgehead atoms. The number of benzene rings is 1. The van der Waals surface area contributed by atoms with E-state index in [1.54, 1.807) is 24.3 Å². The van der Waals surface area contributed by atoms with Crippen molar-refractivity contribution in [3.05, 3.63) is 24.3 Å². The van der Waals surface area contributed by atoms with Gasteiger partial charge in [0.1, 0.15) is 0 Å². The Labute approximate surface area is 133 Å². The summed E-state index contributed by atoms with van der Waals surface area (Å²) in [5.74, 6) is 0. The fourth-order valence-electron chi connectivity index (χ4n) is 0.958. The molecule has 0 fully saturated rings. The summed E-state index contributed by atoms with van der Waals surface area (Å²) < 4.78 is 32.1. The summed E-state index contributed by atoms with van der Waals surface area (Å²) in [5.41, 5.74) is 0.543. The van der Waals surface area contributed by atoms with Gasteiger partial charge in [-0.2, -0.15) is 0 Å². The Balaban J connectivity index is 0.000000980. The Morgan fingerprint density at radius 2 is 1.87 bits per heavy atom. The van der Waals surface area contributed by atoms with Crippen LogP contribution < -0.4 is 51.4 Å². The first kappa shape index (κ1) is 15.6. The normalized spacial score (nSPS) is 10.5. The van der Waals surface area contributed by atoms with Crippen LogP contribution in [0.1, 0.15) is 0 Å². The summed E-state index contributed by atoms with van der Waals surface area (Å²) >= 11 is 0.893. The average molecular weight is 271 g/mol. The second-order valence-electron chi connectivity index (χ2n) is 2.40. The maximum Gasteiger partial charge on any atom is 1.00 e. The molecule has 0 aliphatic rings. The Kier molecular flexibility index (Phi) is 6.04. The van der Waals surface area contributed by atoms with Crippen molar-refractivity contribution >= 4 is 31.7 Å². The molecule has 8 heteroatoms. The van der Waals surface area contributed by atoms with E-state index in [0.29, 0.717) is 10.2 Å². The Morgan fingerprint density at radius 1 is 1.27 bits per heavy atom. The summed E-state index contributed by atoms with van der Waals surface area (Å²) in [5, 5.41) is 0. The van der Waals surface area contributed by atoms with Crippen molar-refractivity contribution in [3.63, 3.8) is 0 Å². The summed E-state index contributed by atoms with van der Waals surface area (Å²) in [4.78, 5) is 3.70. The van der Waals surface area contributed by atoms with Crippen LogP contribution in [0.25, 0.3) is 10.2 Å². The van der Waals surface area contributed by atoms with Crippen LogP contribution in [0.3, 0.4) is 0 Å². The first-order chi connectivity index (χ1) is 6.07. The van der Waals surface area contributed by atoms with E-state index >= 15 is 0 Å². The molecule has 0 amide bonds. The number of fused-ring (bicyclic) bond motifs is 1. The molecule has 0 spiro atoms. The van der Waals surface area contributed by atoms with Crippen molar-refractivity contribution in [1.82, 2.24) is 4.98 Å². The van der Waals surface area contributed by atoms with Gasteiger partial charge in [0.25, 0.3) is 0 Å². The Morgan fingerprint density at radius 3 is 2.40 bits per heavy atom. The third-order valence-corrected chi connectivity index (χ3v) is 3.70. The van der Waals surface area contributed by atoms with E-state index in [2.05, 4.69) is 4.98 Å². The molecule has 76 valence electrons. The van der Waals surface area contributed by atoms with E-state index in [1.807, 2.05) is 0 Å². The molecule has 2 N–H and O–H groups in total. The molecule has 0 saturated heterocycles. The molecule has 1 aromatic carbocycles. The first-order valence-electron chi connectivity index (χ1n) is 3.39. The summed E-state index contributed by atoms with van der Waals surface area (Å²) in [6.45, 7) is 0. The number of aromatic nitrogens is 1. The molecule has 0 aliphatic carbocycles. The van der Waals surface area contributed by atoms with Crippen LogP contribution in [0.4, 0.5) is 0 Å². The zero-order valence-electron chi connectivity index (χ0n) is 7.80. The largest absolute Gasteiger partial charge is 1.00 e. The Hall–Kier alpha value is 0.616. The van der Waals surface area contributed by atoms with Gasteiger partial charge >= 0.3 is 51.4 Å². The predicted octanol–water partition coefficient (Wildman–Crippen LogP) is -2.62. The van der Waals surface area contributed by atoms with E-state index < -0.39 is 10.1 Å². The van der Waals surface area contributed by atoms with Crippen molar-refractivity contribution in [1.29, 1.82) is 0 Å². The topological polar surface area (TPSA) is 102 Å². The van der Waals surface area contributed by atoms with Gasteiger partial charge in [0.05, 0.1) is 10.2 Å². The fraction of sp³-hybridized carbons (Fsp3) is 0. The quantitative estimate of drug-likeness (QED) is 0.418. The number of hydrogen-bond donors (Lipinski definition) is 0. The molecule has 15 heavy (non-hydrogen) atoms. The van der Waals surface area contributed by atoms with Crippen LogP contribution in [0, 0.1) is 0 Å². The molecule has 2 aromatic rings. The molecule has 2 rings (SSSR count). The minimum atomic E-state index is -4.41. The van der Waals surface area contributed by atoms with Crippen molar-refractivity contribution in [2.24, 2.45) is 0 Å². The van der Waals surface area contributed by atoms with Crippen LogP contribution in [-0.4, -0.2) is 23.4 Å². The molecular weight excluding hydrogens is 265 g/mol. The maximum atomic E-state index is 10.6. The van der Waals surface area contributed by atoms with Crippen LogP contribution in [-0.2, 0) is 10.1 Å². The first-order valence-corrected chi connectivity index (χ1v) is 5.61. The molecule has 5 nitrogen and oxygen atoms in total. The van der Waals surface area contributed by atoms with Crippen molar-refractivity contribution in [3.8, 4) is 0 Å². The van der Waals surface area contributed by atoms with Gasteiger partial charge in [0.15, 0.2) is 14.5 Å². The van der Waals surface area contributed by atoms with Crippen LogP contribution in [0.5, 0.6) is 0 Å². The minimum Gasteiger partial charge on any atom is -0.742 e. The van der Waals surface area contributed by atoms with Crippen LogP contribution in [0.2, 0.25) is 0 Å². The van der Waals surface area contributed by atoms with Gasteiger partial charge in [0, 0.05) is 0 Å². The van der Waals surface area contributed by atoms with Gasteiger partial charge < -0.3 is 10.0 Å². The van der Waals surface area contributed by atoms with Gasteiger partial charge in [0.2, 0.25) is 0 Å². The monoisotopic (exact) mass is 271 g/mol. The zero-order chi connectivity index (χ0) is 9.47. The molecule has 0 saturated carbocycles. The predicted molar refractivity (Wildman–Crippen MR) is 51.2 cm³/mol. The molecule has 0 aliphatic heterocycles. The number of nitrogens with zero attached hydrogens (tertiary/aromatic N) is 1. The van der Waals surface area contributed by atoms with Crippen molar-refractivity contribution < 1.29 is 69.8 Å². The third-order valence-electron chi connectivity index (χ3n) is 1.49. The summed E-state index contributed by atoms with van der Waals surface area (Å²) in [6, 6.07) is 6.90. The SMILES string of the molecule is O.O=S(=O)([O-])c1nc2ccccc2s1.[K+]. The maximum absolute atomic E-state index is 10.6. The van der Waals surface area contributed by atoms with Gasteiger partial charge in [-0.15, -0.1) is 11.3 Å². The number of para-hydroxylation sites is 1. The minimum absolute atomic E-state index is 0. The van der Waals surface area contributed by atoms with E-state index in [9.17, 15) is 13.0 Å². The second kappa shape index (κ2) is 5.80. The van der Waals surface area contributed by atoms with E-state index in [0.717, 1.165) is 11.3 Å². The smallest absolute Gasteiger partial charge is 0.742 e.